The quantitative estimate of drug-likeness (QED) is 0.301. The minimum atomic E-state index is -6.05. The maximum absolute atomic E-state index is 13.2. The van der Waals surface area contributed by atoms with Crippen LogP contribution in [-0.2, 0) is 15.2 Å². The summed E-state index contributed by atoms with van der Waals surface area (Å²) in [5.74, 6) is -3.87. The van der Waals surface area contributed by atoms with E-state index in [1.807, 2.05) is 0 Å². The number of halogens is 6. The first-order chi connectivity index (χ1) is 17.6. The number of carbonyl (C=O) groups excluding carboxylic acids is 1. The van der Waals surface area contributed by atoms with Crippen molar-refractivity contribution in [2.45, 2.75) is 50.1 Å². The maximum Gasteiger partial charge on any atom is 0.430 e. The number of hydrogen-bond acceptors (Lipinski definition) is 5. The number of aromatic nitrogens is 1. The number of carboxylic acids is 1. The molecule has 0 bridgehead atoms. The van der Waals surface area contributed by atoms with Gasteiger partial charge in [-0.1, -0.05) is 73.6 Å². The summed E-state index contributed by atoms with van der Waals surface area (Å²) in [6.07, 6.45) is -12.6. The molecular formula is C25H22F6N2O5. The van der Waals surface area contributed by atoms with Crippen molar-refractivity contribution >= 4 is 17.8 Å². The summed E-state index contributed by atoms with van der Waals surface area (Å²) in [6, 6.07) is 10.7. The van der Waals surface area contributed by atoms with E-state index in [9.17, 15) is 46.1 Å². The van der Waals surface area contributed by atoms with Crippen LogP contribution in [0.5, 0.6) is 0 Å². The molecule has 0 aliphatic heterocycles. The van der Waals surface area contributed by atoms with Gasteiger partial charge in [-0.3, -0.25) is 14.9 Å². The molecule has 1 amide bonds. The van der Waals surface area contributed by atoms with Crippen molar-refractivity contribution in [2.75, 3.05) is 5.32 Å². The van der Waals surface area contributed by atoms with Gasteiger partial charge in [-0.25, -0.2) is 0 Å². The summed E-state index contributed by atoms with van der Waals surface area (Å²) in [4.78, 5) is 24.5. The number of benzene rings is 2. The van der Waals surface area contributed by atoms with Gasteiger partial charge in [0.1, 0.15) is 0 Å². The lowest BCUT2D eigenvalue weighted by molar-refractivity contribution is -0.376. The van der Waals surface area contributed by atoms with E-state index in [2.05, 4.69) is 10.5 Å². The zero-order valence-corrected chi connectivity index (χ0v) is 19.9. The van der Waals surface area contributed by atoms with Gasteiger partial charge >= 0.3 is 18.3 Å². The van der Waals surface area contributed by atoms with Crippen molar-refractivity contribution in [3.63, 3.8) is 0 Å². The lowest BCUT2D eigenvalue weighted by Crippen LogP contribution is -2.53. The number of anilines is 1. The lowest BCUT2D eigenvalue weighted by Gasteiger charge is -2.32. The Morgan fingerprint density at radius 1 is 0.947 bits per heavy atom. The molecule has 0 aliphatic rings. The van der Waals surface area contributed by atoms with Crippen molar-refractivity contribution in [1.82, 2.24) is 5.16 Å². The molecule has 0 saturated heterocycles. The molecule has 3 aromatic rings. The standard InChI is InChI=1S/C25H22F6N2O5/c1-13(2)20-19(15-8-10-16(11-9-15)23(37,24(26,27)28)25(29,30)31)21(38-33-20)32-18(34)12-17(22(35)36)14-6-4-3-5-7-14/h3-11,13,17,37H,12H2,1-2H3,(H,32,34)(H,35,36). The van der Waals surface area contributed by atoms with Gasteiger partial charge < -0.3 is 14.7 Å². The first kappa shape index (κ1) is 28.7. The van der Waals surface area contributed by atoms with E-state index in [-0.39, 0.29) is 28.6 Å². The highest BCUT2D eigenvalue weighted by Crippen LogP contribution is 2.50. The maximum atomic E-state index is 13.2. The second-order valence-corrected chi connectivity index (χ2v) is 8.76. The zero-order chi connectivity index (χ0) is 28.5. The number of nitrogens with one attached hydrogen (secondary N) is 1. The van der Waals surface area contributed by atoms with Gasteiger partial charge in [-0.05, 0) is 17.0 Å². The van der Waals surface area contributed by atoms with E-state index < -0.39 is 47.7 Å². The van der Waals surface area contributed by atoms with Gasteiger partial charge in [-0.2, -0.15) is 26.3 Å². The molecule has 13 heteroatoms. The highest BCUT2D eigenvalue weighted by Gasteiger charge is 2.71. The molecule has 3 rings (SSSR count). The molecule has 0 spiro atoms. The Morgan fingerprint density at radius 3 is 1.97 bits per heavy atom. The van der Waals surface area contributed by atoms with Crippen LogP contribution in [0.3, 0.4) is 0 Å². The van der Waals surface area contributed by atoms with Gasteiger partial charge in [0.25, 0.3) is 5.60 Å². The molecule has 2 aromatic carbocycles. The second kappa shape index (κ2) is 10.5. The molecule has 1 heterocycles. The van der Waals surface area contributed by atoms with Crippen molar-refractivity contribution in [1.29, 1.82) is 0 Å². The third-order valence-electron chi connectivity index (χ3n) is 5.82. The highest BCUT2D eigenvalue weighted by molar-refractivity contribution is 5.96. The number of carbonyl (C=O) groups is 2. The zero-order valence-electron chi connectivity index (χ0n) is 19.9. The van der Waals surface area contributed by atoms with Gasteiger partial charge in [0, 0.05) is 12.0 Å². The molecule has 204 valence electrons. The van der Waals surface area contributed by atoms with E-state index >= 15 is 0 Å². The van der Waals surface area contributed by atoms with Crippen LogP contribution in [0.25, 0.3) is 11.1 Å². The average Bonchev–Trinajstić information content (AvgIpc) is 3.24. The minimum Gasteiger partial charge on any atom is -0.481 e. The second-order valence-electron chi connectivity index (χ2n) is 8.76. The number of alkyl halides is 6. The summed E-state index contributed by atoms with van der Waals surface area (Å²) < 4.78 is 84.6. The Labute approximate surface area is 212 Å². The Hall–Kier alpha value is -3.87. The molecule has 0 fully saturated rings. The van der Waals surface area contributed by atoms with E-state index in [0.29, 0.717) is 17.7 Å². The average molecular weight is 544 g/mol. The van der Waals surface area contributed by atoms with Crippen LogP contribution in [0.2, 0.25) is 0 Å². The van der Waals surface area contributed by atoms with E-state index in [4.69, 9.17) is 4.52 Å². The highest BCUT2D eigenvalue weighted by atomic mass is 19.4. The number of aliphatic carboxylic acids is 1. The molecular weight excluding hydrogens is 522 g/mol. The first-order valence-corrected chi connectivity index (χ1v) is 11.1. The molecule has 0 aliphatic carbocycles. The Bertz CT molecular complexity index is 1270. The van der Waals surface area contributed by atoms with Crippen LogP contribution in [0.4, 0.5) is 32.2 Å². The van der Waals surface area contributed by atoms with Crippen molar-refractivity contribution in [2.24, 2.45) is 0 Å². The van der Waals surface area contributed by atoms with E-state index in [1.54, 1.807) is 32.0 Å². The van der Waals surface area contributed by atoms with Gasteiger partial charge in [-0.15, -0.1) is 0 Å². The Balaban J connectivity index is 1.96. The summed E-state index contributed by atoms with van der Waals surface area (Å²) in [7, 11) is 0. The fraction of sp³-hybridized carbons (Fsp3) is 0.320. The molecule has 3 N–H and O–H groups in total. The summed E-state index contributed by atoms with van der Waals surface area (Å²) in [6.45, 7) is 3.37. The number of nitrogens with zero attached hydrogens (tertiary/aromatic N) is 1. The SMILES string of the molecule is CC(C)c1noc(NC(=O)CC(C(=O)O)c2ccccc2)c1-c1ccc(C(O)(C(F)(F)F)C(F)(F)F)cc1. The van der Waals surface area contributed by atoms with Gasteiger partial charge in [0.2, 0.25) is 11.8 Å². The Kier molecular flexibility index (Phi) is 7.91. The molecule has 0 radical (unpaired) electrons. The summed E-state index contributed by atoms with van der Waals surface area (Å²) in [5, 5.41) is 25.4. The molecule has 1 atom stereocenters. The molecule has 0 saturated carbocycles. The summed E-state index contributed by atoms with van der Waals surface area (Å²) in [5.41, 5.74) is -5.84. The van der Waals surface area contributed by atoms with Gasteiger partial charge in [0.15, 0.2) is 0 Å². The largest absolute Gasteiger partial charge is 0.481 e. The minimum absolute atomic E-state index is 0.0403. The monoisotopic (exact) mass is 544 g/mol. The predicted molar refractivity (Wildman–Crippen MR) is 122 cm³/mol. The summed E-state index contributed by atoms with van der Waals surface area (Å²) >= 11 is 0. The number of aliphatic hydroxyl groups is 1. The third kappa shape index (κ3) is 5.52. The fourth-order valence-corrected chi connectivity index (χ4v) is 3.82. The van der Waals surface area contributed by atoms with Crippen LogP contribution in [0.1, 0.15) is 48.9 Å². The van der Waals surface area contributed by atoms with Crippen LogP contribution in [-0.4, -0.2) is 39.6 Å². The Morgan fingerprint density at radius 2 is 1.50 bits per heavy atom. The van der Waals surface area contributed by atoms with Crippen molar-refractivity contribution in [3.05, 3.63) is 71.4 Å². The van der Waals surface area contributed by atoms with Crippen LogP contribution in [0, 0.1) is 0 Å². The molecule has 38 heavy (non-hydrogen) atoms. The van der Waals surface area contributed by atoms with Gasteiger partial charge in [0.05, 0.1) is 17.2 Å². The van der Waals surface area contributed by atoms with E-state index in [0.717, 1.165) is 12.1 Å². The molecule has 7 nitrogen and oxygen atoms in total. The fourth-order valence-electron chi connectivity index (χ4n) is 3.82. The normalized spacial score (nSPS) is 13.4. The molecule has 1 aromatic heterocycles. The number of carboxylic acid groups (broad SMARTS) is 1. The predicted octanol–water partition coefficient (Wildman–Crippen LogP) is 5.97. The lowest BCUT2D eigenvalue weighted by atomic mass is 9.90. The number of rotatable bonds is 8. The van der Waals surface area contributed by atoms with Crippen LogP contribution >= 0.6 is 0 Å². The topological polar surface area (TPSA) is 113 Å². The van der Waals surface area contributed by atoms with Crippen molar-refractivity contribution < 1.29 is 50.7 Å². The van der Waals surface area contributed by atoms with Crippen molar-refractivity contribution in [3.8, 4) is 11.1 Å². The van der Waals surface area contributed by atoms with Crippen LogP contribution in [0.15, 0.2) is 59.1 Å². The smallest absolute Gasteiger partial charge is 0.430 e. The first-order valence-electron chi connectivity index (χ1n) is 11.1. The number of hydrogen-bond donors (Lipinski definition) is 3. The molecule has 1 unspecified atom stereocenters. The van der Waals surface area contributed by atoms with Crippen LogP contribution < -0.4 is 5.32 Å². The third-order valence-corrected chi connectivity index (χ3v) is 5.82. The van der Waals surface area contributed by atoms with E-state index in [1.165, 1.54) is 12.1 Å². The number of amides is 1.